The van der Waals surface area contributed by atoms with Gasteiger partial charge in [0.15, 0.2) is 0 Å². The molecule has 0 spiro atoms. The molecule has 0 bridgehead atoms. The topological polar surface area (TPSA) is 94.0 Å². The van der Waals surface area contributed by atoms with Gasteiger partial charge in [-0.2, -0.15) is 0 Å². The van der Waals surface area contributed by atoms with Gasteiger partial charge in [0, 0.05) is 12.6 Å². The average molecular weight is 192 g/mol. The minimum atomic E-state index is -0.352. The van der Waals surface area contributed by atoms with Gasteiger partial charge in [-0.3, -0.25) is 4.79 Å². The van der Waals surface area contributed by atoms with E-state index in [-0.39, 0.29) is 12.3 Å². The zero-order valence-electron chi connectivity index (χ0n) is 7.60. The van der Waals surface area contributed by atoms with Gasteiger partial charge >= 0.3 is 0 Å². The van der Waals surface area contributed by atoms with Crippen LogP contribution in [0, 0.1) is 0 Å². The van der Waals surface area contributed by atoms with E-state index in [9.17, 15) is 4.79 Å². The van der Waals surface area contributed by atoms with Crippen molar-refractivity contribution in [3.05, 3.63) is 30.0 Å². The highest BCUT2D eigenvalue weighted by molar-refractivity contribution is 5.76. The van der Waals surface area contributed by atoms with Crippen molar-refractivity contribution in [2.24, 2.45) is 11.6 Å². The summed E-state index contributed by atoms with van der Waals surface area (Å²) in [7, 11) is 0. The van der Waals surface area contributed by atoms with Crippen LogP contribution in [0.3, 0.4) is 0 Å². The van der Waals surface area contributed by atoms with Gasteiger partial charge in [-0.05, 0) is 17.7 Å². The maximum absolute atomic E-state index is 10.4. The third kappa shape index (κ3) is 3.24. The van der Waals surface area contributed by atoms with Crippen molar-refractivity contribution in [2.75, 3.05) is 5.43 Å². The highest BCUT2D eigenvalue weighted by Crippen LogP contribution is 2.05. The van der Waals surface area contributed by atoms with Gasteiger partial charge in [0.05, 0.1) is 0 Å². The zero-order chi connectivity index (χ0) is 10.4. The van der Waals surface area contributed by atoms with Crippen LogP contribution in [0.1, 0.15) is 12.0 Å². The van der Waals surface area contributed by atoms with Crippen LogP contribution in [0.15, 0.2) is 24.4 Å². The number of pyridine rings is 1. The largest absolute Gasteiger partial charge is 0.369 e. The van der Waals surface area contributed by atoms with Crippen molar-refractivity contribution >= 4 is 17.8 Å². The van der Waals surface area contributed by atoms with E-state index in [1.54, 1.807) is 24.4 Å². The Labute approximate surface area is 81.8 Å². The van der Waals surface area contributed by atoms with Crippen LogP contribution in [-0.2, 0) is 4.79 Å². The summed E-state index contributed by atoms with van der Waals surface area (Å²) < 4.78 is 0. The number of aromatic nitrogens is 1. The van der Waals surface area contributed by atoms with Crippen LogP contribution in [0.4, 0.5) is 5.82 Å². The summed E-state index contributed by atoms with van der Waals surface area (Å²) in [5.74, 6) is 5.39. The van der Waals surface area contributed by atoms with Crippen molar-refractivity contribution < 1.29 is 4.79 Å². The first-order valence-electron chi connectivity index (χ1n) is 4.10. The number of amides is 1. The second-order valence-electron chi connectivity index (χ2n) is 2.69. The van der Waals surface area contributed by atoms with Gasteiger partial charge < -0.3 is 11.2 Å². The highest BCUT2D eigenvalue weighted by Gasteiger charge is 1.91. The van der Waals surface area contributed by atoms with Crippen LogP contribution in [0.2, 0.25) is 0 Å². The van der Waals surface area contributed by atoms with Gasteiger partial charge in [-0.1, -0.05) is 12.2 Å². The lowest BCUT2D eigenvalue weighted by atomic mass is 10.2. The van der Waals surface area contributed by atoms with E-state index < -0.39 is 0 Å². The Morgan fingerprint density at radius 2 is 2.36 bits per heavy atom. The van der Waals surface area contributed by atoms with Gasteiger partial charge in [0.25, 0.3) is 0 Å². The molecule has 1 amide bonds. The fourth-order valence-electron chi connectivity index (χ4n) is 0.900. The van der Waals surface area contributed by atoms with E-state index in [0.29, 0.717) is 5.82 Å². The molecule has 5 nitrogen and oxygen atoms in total. The summed E-state index contributed by atoms with van der Waals surface area (Å²) in [6, 6.07) is 3.57. The number of hydrogen-bond donors (Lipinski definition) is 3. The molecule has 1 aromatic rings. The Bertz CT molecular complexity index is 331. The quantitative estimate of drug-likeness (QED) is 0.471. The van der Waals surface area contributed by atoms with Crippen molar-refractivity contribution in [1.82, 2.24) is 4.98 Å². The number of nitrogen functional groups attached to an aromatic ring is 1. The van der Waals surface area contributed by atoms with Gasteiger partial charge in [-0.15, -0.1) is 0 Å². The number of nitrogens with two attached hydrogens (primary N) is 2. The summed E-state index contributed by atoms with van der Waals surface area (Å²) in [6.45, 7) is 0. The first kappa shape index (κ1) is 10.2. The second kappa shape index (κ2) is 4.98. The minimum absolute atomic E-state index is 0.233. The van der Waals surface area contributed by atoms with Gasteiger partial charge in [0.1, 0.15) is 5.82 Å². The van der Waals surface area contributed by atoms with E-state index in [2.05, 4.69) is 10.4 Å². The van der Waals surface area contributed by atoms with Crippen molar-refractivity contribution in [2.45, 2.75) is 6.42 Å². The number of anilines is 1. The van der Waals surface area contributed by atoms with E-state index in [0.717, 1.165) is 5.56 Å². The normalized spacial score (nSPS) is 10.4. The lowest BCUT2D eigenvalue weighted by Crippen LogP contribution is -2.08. The predicted molar refractivity (Wildman–Crippen MR) is 54.9 cm³/mol. The zero-order valence-corrected chi connectivity index (χ0v) is 7.60. The molecule has 1 aromatic heterocycles. The number of hydrazine groups is 1. The summed E-state index contributed by atoms with van der Waals surface area (Å²) in [4.78, 5) is 14.4. The van der Waals surface area contributed by atoms with Gasteiger partial charge in [0.2, 0.25) is 5.91 Å². The fraction of sp³-hybridized carbons (Fsp3) is 0.111. The van der Waals surface area contributed by atoms with Gasteiger partial charge in [-0.25, -0.2) is 10.8 Å². The van der Waals surface area contributed by atoms with Crippen molar-refractivity contribution in [3.8, 4) is 0 Å². The molecule has 0 fully saturated rings. The number of nitrogens with zero attached hydrogens (tertiary/aromatic N) is 1. The number of primary amides is 1. The third-order valence-corrected chi connectivity index (χ3v) is 1.56. The molecule has 0 aliphatic heterocycles. The van der Waals surface area contributed by atoms with Crippen LogP contribution in [-0.4, -0.2) is 10.9 Å². The summed E-state index contributed by atoms with van der Waals surface area (Å²) >= 11 is 0. The number of carbonyl (C=O) groups is 1. The van der Waals surface area contributed by atoms with Crippen molar-refractivity contribution in [3.63, 3.8) is 0 Å². The average Bonchev–Trinajstić information content (AvgIpc) is 2.18. The molecule has 0 radical (unpaired) electrons. The molecule has 0 unspecified atom stereocenters. The van der Waals surface area contributed by atoms with Crippen LogP contribution in [0.5, 0.6) is 0 Å². The standard InChI is InChI=1S/C9H12N4O/c10-8(14)3-1-2-7-4-5-9(13-11)12-6-7/h1-2,4-6H,3,11H2,(H2,10,14)(H,12,13). The fourth-order valence-corrected chi connectivity index (χ4v) is 0.900. The molecule has 0 aromatic carbocycles. The summed E-state index contributed by atoms with van der Waals surface area (Å²) in [5.41, 5.74) is 8.28. The molecule has 1 heterocycles. The molecular weight excluding hydrogens is 180 g/mol. The van der Waals surface area contributed by atoms with E-state index in [4.69, 9.17) is 11.6 Å². The van der Waals surface area contributed by atoms with Crippen molar-refractivity contribution in [1.29, 1.82) is 0 Å². The molecule has 0 aliphatic carbocycles. The Hall–Kier alpha value is -1.88. The molecule has 14 heavy (non-hydrogen) atoms. The number of hydrogen-bond acceptors (Lipinski definition) is 4. The number of nitrogens with one attached hydrogen (secondary N) is 1. The Morgan fingerprint density at radius 3 is 2.86 bits per heavy atom. The first-order valence-corrected chi connectivity index (χ1v) is 4.10. The molecular formula is C9H12N4O. The Balaban J connectivity index is 2.59. The highest BCUT2D eigenvalue weighted by atomic mass is 16.1. The molecule has 0 saturated carbocycles. The molecule has 5 heteroatoms. The molecule has 0 atom stereocenters. The molecule has 0 aliphatic rings. The van der Waals surface area contributed by atoms with Crippen LogP contribution >= 0.6 is 0 Å². The molecule has 5 N–H and O–H groups in total. The van der Waals surface area contributed by atoms with Crippen LogP contribution in [0.25, 0.3) is 6.08 Å². The maximum atomic E-state index is 10.4. The van der Waals surface area contributed by atoms with Crippen LogP contribution < -0.4 is 17.0 Å². The lowest BCUT2D eigenvalue weighted by molar-refractivity contribution is -0.117. The Morgan fingerprint density at radius 1 is 1.57 bits per heavy atom. The smallest absolute Gasteiger partial charge is 0.221 e. The van der Waals surface area contributed by atoms with E-state index in [1.807, 2.05) is 6.07 Å². The molecule has 0 saturated heterocycles. The minimum Gasteiger partial charge on any atom is -0.369 e. The summed E-state index contributed by atoms with van der Waals surface area (Å²) in [5, 5.41) is 0. The monoisotopic (exact) mass is 192 g/mol. The number of carbonyl (C=O) groups excluding carboxylic acids is 1. The number of rotatable bonds is 4. The third-order valence-electron chi connectivity index (χ3n) is 1.56. The second-order valence-corrected chi connectivity index (χ2v) is 2.69. The lowest BCUT2D eigenvalue weighted by Gasteiger charge is -1.97. The molecule has 74 valence electrons. The maximum Gasteiger partial charge on any atom is 0.221 e. The predicted octanol–water partition coefficient (Wildman–Crippen LogP) is 0.256. The SMILES string of the molecule is NNc1ccc(C=CCC(N)=O)cn1. The molecule has 1 rings (SSSR count). The van der Waals surface area contributed by atoms with E-state index >= 15 is 0 Å². The Kier molecular flexibility index (Phi) is 3.63. The summed E-state index contributed by atoms with van der Waals surface area (Å²) in [6.07, 6.45) is 5.34. The first-order chi connectivity index (χ1) is 6.72. The van der Waals surface area contributed by atoms with E-state index in [1.165, 1.54) is 0 Å².